The van der Waals surface area contributed by atoms with Crippen molar-refractivity contribution in [2.24, 2.45) is 0 Å². The van der Waals surface area contributed by atoms with Crippen molar-refractivity contribution in [1.82, 2.24) is 9.97 Å². The van der Waals surface area contributed by atoms with Gasteiger partial charge in [0.25, 0.3) is 0 Å². The highest BCUT2D eigenvalue weighted by atomic mass is 16.3. The summed E-state index contributed by atoms with van der Waals surface area (Å²) in [7, 11) is 0. The van der Waals surface area contributed by atoms with Crippen LogP contribution in [0.25, 0.3) is 89.0 Å². The molecule has 3 heteroatoms. The van der Waals surface area contributed by atoms with Crippen molar-refractivity contribution in [3.05, 3.63) is 217 Å². The molecule has 2 heterocycles. The first-order valence-electron chi connectivity index (χ1n) is 19.2. The van der Waals surface area contributed by atoms with Crippen LogP contribution in [-0.2, 0) is 5.41 Å². The number of hydrogen-bond acceptors (Lipinski definition) is 3. The molecule has 0 atom stereocenters. The quantitative estimate of drug-likeness (QED) is 0.182. The van der Waals surface area contributed by atoms with Crippen molar-refractivity contribution in [2.45, 2.75) is 5.41 Å². The van der Waals surface area contributed by atoms with Crippen LogP contribution in [0.2, 0.25) is 0 Å². The highest BCUT2D eigenvalue weighted by Gasteiger charge is 2.55. The monoisotopic (exact) mass is 712 g/mol. The molecule has 10 aromatic rings. The van der Waals surface area contributed by atoms with E-state index in [0.717, 1.165) is 66.7 Å². The van der Waals surface area contributed by atoms with Gasteiger partial charge in [-0.05, 0) is 73.5 Å². The van der Waals surface area contributed by atoms with Gasteiger partial charge < -0.3 is 4.42 Å². The largest absolute Gasteiger partial charge is 0.459 e. The van der Waals surface area contributed by atoms with Gasteiger partial charge in [-0.2, -0.15) is 0 Å². The maximum atomic E-state index is 7.01. The molecule has 0 bridgehead atoms. The summed E-state index contributed by atoms with van der Waals surface area (Å²) < 4.78 is 7.01. The van der Waals surface area contributed by atoms with Gasteiger partial charge >= 0.3 is 0 Å². The van der Waals surface area contributed by atoms with Gasteiger partial charge in [-0.15, -0.1) is 0 Å². The van der Waals surface area contributed by atoms with E-state index >= 15 is 0 Å². The Morgan fingerprint density at radius 3 is 1.79 bits per heavy atom. The molecule has 2 aliphatic carbocycles. The number of furan rings is 1. The molecule has 0 radical (unpaired) electrons. The highest BCUT2D eigenvalue weighted by molar-refractivity contribution is 6.05. The van der Waals surface area contributed by atoms with Gasteiger partial charge in [-0.1, -0.05) is 176 Å². The zero-order valence-corrected chi connectivity index (χ0v) is 30.3. The number of benzene rings is 8. The van der Waals surface area contributed by atoms with E-state index in [4.69, 9.17) is 14.4 Å². The summed E-state index contributed by atoms with van der Waals surface area (Å²) >= 11 is 0. The van der Waals surface area contributed by atoms with Crippen LogP contribution in [0.15, 0.2) is 199 Å². The maximum absolute atomic E-state index is 7.01. The van der Waals surface area contributed by atoms with Crippen LogP contribution in [0.3, 0.4) is 0 Å². The summed E-state index contributed by atoms with van der Waals surface area (Å²) in [6.45, 7) is 0. The van der Waals surface area contributed by atoms with E-state index < -0.39 is 5.41 Å². The molecule has 0 unspecified atom stereocenters. The van der Waals surface area contributed by atoms with Gasteiger partial charge in [0.15, 0.2) is 5.82 Å². The molecule has 56 heavy (non-hydrogen) atoms. The molecular formula is C53H32N2O. The lowest BCUT2D eigenvalue weighted by Gasteiger charge is -2.28. The van der Waals surface area contributed by atoms with Gasteiger partial charge in [0.2, 0.25) is 0 Å². The molecule has 8 aromatic carbocycles. The number of para-hydroxylation sites is 1. The molecule has 0 aliphatic heterocycles. The molecule has 1 spiro atoms. The van der Waals surface area contributed by atoms with Crippen molar-refractivity contribution in [3.8, 4) is 67.3 Å². The Morgan fingerprint density at radius 1 is 0.375 bits per heavy atom. The second kappa shape index (κ2) is 11.8. The van der Waals surface area contributed by atoms with E-state index in [0.29, 0.717) is 5.82 Å². The molecule has 0 fully saturated rings. The first-order chi connectivity index (χ1) is 27.8. The van der Waals surface area contributed by atoms with E-state index in [2.05, 4.69) is 188 Å². The van der Waals surface area contributed by atoms with Gasteiger partial charge in [0, 0.05) is 27.6 Å². The Bertz CT molecular complexity index is 3160. The minimum Gasteiger partial charge on any atom is -0.459 e. The number of rotatable bonds is 4. The fourth-order valence-electron chi connectivity index (χ4n) is 9.55. The maximum Gasteiger partial charge on any atom is 0.161 e. The van der Waals surface area contributed by atoms with Crippen molar-refractivity contribution in [2.75, 3.05) is 0 Å². The fraction of sp³-hybridized carbons (Fsp3) is 0.0189. The molecule has 0 saturated carbocycles. The summed E-state index contributed by atoms with van der Waals surface area (Å²) in [5.41, 5.74) is 16.1. The molecule has 2 aromatic heterocycles. The van der Waals surface area contributed by atoms with Crippen molar-refractivity contribution >= 4 is 21.7 Å². The summed E-state index contributed by atoms with van der Waals surface area (Å²) in [6, 6.07) is 69.3. The molecule has 12 rings (SSSR count). The third-order valence-corrected chi connectivity index (χ3v) is 11.9. The van der Waals surface area contributed by atoms with Crippen molar-refractivity contribution in [3.63, 3.8) is 0 Å². The van der Waals surface area contributed by atoms with Crippen LogP contribution in [0.5, 0.6) is 0 Å². The SMILES string of the molecule is c1ccc(-c2cc(-c3ccccc3-c3ccc4c(c3)C3(c5ccccc5-c5ccccc53)c3oc5ccccc5c3-4)nc(-c3cccc4ccccc34)n2)cc1. The number of nitrogens with zero attached hydrogens (tertiary/aromatic N) is 2. The van der Waals surface area contributed by atoms with Crippen LogP contribution >= 0.6 is 0 Å². The first kappa shape index (κ1) is 31.0. The zero-order valence-electron chi connectivity index (χ0n) is 30.3. The Balaban J connectivity index is 1.11. The van der Waals surface area contributed by atoms with Crippen LogP contribution < -0.4 is 0 Å². The Morgan fingerprint density at radius 2 is 0.982 bits per heavy atom. The number of hydrogen-bond donors (Lipinski definition) is 0. The molecular weight excluding hydrogens is 681 g/mol. The zero-order chi connectivity index (χ0) is 36.8. The van der Waals surface area contributed by atoms with E-state index in [9.17, 15) is 0 Å². The Labute approximate surface area is 324 Å². The predicted octanol–water partition coefficient (Wildman–Crippen LogP) is 13.4. The van der Waals surface area contributed by atoms with E-state index in [-0.39, 0.29) is 0 Å². The number of fused-ring (bicyclic) bond motifs is 13. The fourth-order valence-corrected chi connectivity index (χ4v) is 9.55. The van der Waals surface area contributed by atoms with Crippen LogP contribution in [0, 0.1) is 0 Å². The predicted molar refractivity (Wildman–Crippen MR) is 227 cm³/mol. The van der Waals surface area contributed by atoms with Gasteiger partial charge in [-0.3, -0.25) is 0 Å². The third-order valence-electron chi connectivity index (χ3n) is 11.9. The minimum absolute atomic E-state index is 0.598. The van der Waals surface area contributed by atoms with Crippen LogP contribution in [0.1, 0.15) is 22.5 Å². The van der Waals surface area contributed by atoms with Crippen molar-refractivity contribution in [1.29, 1.82) is 0 Å². The molecule has 2 aliphatic rings. The lowest BCUT2D eigenvalue weighted by Crippen LogP contribution is -2.25. The molecule has 3 nitrogen and oxygen atoms in total. The topological polar surface area (TPSA) is 38.9 Å². The highest BCUT2D eigenvalue weighted by Crippen LogP contribution is 2.65. The number of aromatic nitrogens is 2. The average molecular weight is 713 g/mol. The standard InChI is InChI=1S/C53H32N2O/c1-2-16-34(17-3-1)47-32-48(55-52(54-47)41-25-14-18-33-15-4-5-19-36(33)41)40-23-7-6-20-37(40)35-29-30-42-46(31-35)53(51-50(42)43-24-10-13-28-49(43)56-51)44-26-11-8-21-38(44)39-22-9-12-27-45(39)53/h1-32H. The Hall–Kier alpha value is -7.36. The summed E-state index contributed by atoms with van der Waals surface area (Å²) in [5.74, 6) is 1.70. The lowest BCUT2D eigenvalue weighted by atomic mass is 9.72. The van der Waals surface area contributed by atoms with E-state index in [1.165, 1.54) is 38.9 Å². The van der Waals surface area contributed by atoms with Crippen LogP contribution in [-0.4, -0.2) is 9.97 Å². The van der Waals surface area contributed by atoms with E-state index in [1.807, 2.05) is 6.07 Å². The second-order valence-electron chi connectivity index (χ2n) is 14.8. The van der Waals surface area contributed by atoms with E-state index in [1.54, 1.807) is 0 Å². The van der Waals surface area contributed by atoms with Gasteiger partial charge in [0.05, 0.1) is 11.4 Å². The van der Waals surface area contributed by atoms with Crippen LogP contribution in [0.4, 0.5) is 0 Å². The molecule has 0 N–H and O–H groups in total. The minimum atomic E-state index is -0.598. The normalized spacial score (nSPS) is 13.1. The average Bonchev–Trinajstić information content (AvgIpc) is 3.90. The van der Waals surface area contributed by atoms with Gasteiger partial charge in [0.1, 0.15) is 16.8 Å². The smallest absolute Gasteiger partial charge is 0.161 e. The molecule has 260 valence electrons. The third kappa shape index (κ3) is 4.28. The molecule has 0 amide bonds. The Kier molecular flexibility index (Phi) is 6.55. The summed E-state index contributed by atoms with van der Waals surface area (Å²) in [5, 5.41) is 3.44. The molecule has 0 saturated heterocycles. The van der Waals surface area contributed by atoms with Gasteiger partial charge in [-0.25, -0.2) is 9.97 Å². The first-order valence-corrected chi connectivity index (χ1v) is 19.2. The summed E-state index contributed by atoms with van der Waals surface area (Å²) in [4.78, 5) is 10.6. The lowest BCUT2D eigenvalue weighted by molar-refractivity contribution is 0.507. The summed E-state index contributed by atoms with van der Waals surface area (Å²) in [6.07, 6.45) is 0. The van der Waals surface area contributed by atoms with Crippen molar-refractivity contribution < 1.29 is 4.42 Å². The second-order valence-corrected chi connectivity index (χ2v) is 14.8.